The molecule has 1 heterocycles. The summed E-state index contributed by atoms with van der Waals surface area (Å²) in [5.74, 6) is 0.0515. The van der Waals surface area contributed by atoms with Crippen LogP contribution in [0.5, 0.6) is 0 Å². The van der Waals surface area contributed by atoms with E-state index in [9.17, 15) is 9.59 Å². The van der Waals surface area contributed by atoms with Crippen LogP contribution in [0, 0.1) is 0 Å². The van der Waals surface area contributed by atoms with Gasteiger partial charge in [-0.1, -0.05) is 20.8 Å². The second-order valence-electron chi connectivity index (χ2n) is 5.50. The summed E-state index contributed by atoms with van der Waals surface area (Å²) in [5.41, 5.74) is 0. The molecule has 1 atom stereocenters. The molecule has 0 aromatic heterocycles. The summed E-state index contributed by atoms with van der Waals surface area (Å²) in [5, 5.41) is 11.6. The number of carbonyl (C=O) groups excluding carboxylic acids is 1. The topological polar surface area (TPSA) is 69.6 Å². The van der Waals surface area contributed by atoms with Gasteiger partial charge in [-0.05, 0) is 12.8 Å². The van der Waals surface area contributed by atoms with Crippen LogP contribution >= 0.6 is 11.8 Å². The lowest BCUT2D eigenvalue weighted by Crippen LogP contribution is -2.46. The molecule has 1 saturated heterocycles. The molecule has 6 heteroatoms. The largest absolute Gasteiger partial charge is 0.481 e. The summed E-state index contributed by atoms with van der Waals surface area (Å²) in [6.07, 6.45) is 1.57. The fourth-order valence-electron chi connectivity index (χ4n) is 2.00. The standard InChI is InChI=1S/C13H24N2O3S/c1-4-10(9-11(16)17)14-12(18)15-6-5-13(2,3)19-8-7-15/h10H,4-9H2,1-3H3,(H,14,18)(H,16,17). The zero-order valence-electron chi connectivity index (χ0n) is 11.9. The first-order chi connectivity index (χ1) is 8.84. The number of carbonyl (C=O) groups is 2. The second-order valence-corrected chi connectivity index (χ2v) is 7.30. The van der Waals surface area contributed by atoms with Crippen LogP contribution < -0.4 is 5.32 Å². The van der Waals surface area contributed by atoms with Gasteiger partial charge in [0.1, 0.15) is 0 Å². The van der Waals surface area contributed by atoms with Crippen LogP contribution in [0.25, 0.3) is 0 Å². The minimum absolute atomic E-state index is 0.0175. The molecular formula is C13H24N2O3S. The van der Waals surface area contributed by atoms with Gasteiger partial charge in [-0.3, -0.25) is 4.79 Å². The lowest BCUT2D eigenvalue weighted by atomic mass is 10.1. The lowest BCUT2D eigenvalue weighted by molar-refractivity contribution is -0.137. The van der Waals surface area contributed by atoms with E-state index >= 15 is 0 Å². The maximum absolute atomic E-state index is 12.1. The van der Waals surface area contributed by atoms with Gasteiger partial charge in [0.05, 0.1) is 6.42 Å². The molecule has 1 aliphatic rings. The van der Waals surface area contributed by atoms with Gasteiger partial charge >= 0.3 is 12.0 Å². The number of amides is 2. The van der Waals surface area contributed by atoms with Gasteiger partial charge in [0, 0.05) is 29.6 Å². The van der Waals surface area contributed by atoms with Crippen LogP contribution in [0.2, 0.25) is 0 Å². The number of nitrogens with one attached hydrogen (secondary N) is 1. The molecule has 19 heavy (non-hydrogen) atoms. The van der Waals surface area contributed by atoms with Crippen molar-refractivity contribution < 1.29 is 14.7 Å². The quantitative estimate of drug-likeness (QED) is 0.832. The number of carboxylic acids is 1. The van der Waals surface area contributed by atoms with Crippen LogP contribution in [0.1, 0.15) is 40.0 Å². The van der Waals surface area contributed by atoms with Crippen LogP contribution in [0.4, 0.5) is 4.79 Å². The van der Waals surface area contributed by atoms with E-state index < -0.39 is 5.97 Å². The molecule has 0 bridgehead atoms. The molecule has 0 saturated carbocycles. The molecule has 1 rings (SSSR count). The summed E-state index contributed by atoms with van der Waals surface area (Å²) in [6, 6.07) is -0.416. The zero-order valence-corrected chi connectivity index (χ0v) is 12.8. The van der Waals surface area contributed by atoms with Crippen molar-refractivity contribution in [3.63, 3.8) is 0 Å². The fourth-order valence-corrected chi connectivity index (χ4v) is 3.10. The summed E-state index contributed by atoms with van der Waals surface area (Å²) >= 11 is 1.88. The second kappa shape index (κ2) is 7.03. The van der Waals surface area contributed by atoms with Gasteiger partial charge in [0.2, 0.25) is 0 Å². The molecule has 110 valence electrons. The molecule has 2 amide bonds. The third-order valence-corrected chi connectivity index (χ3v) is 4.74. The molecular weight excluding hydrogens is 264 g/mol. The lowest BCUT2D eigenvalue weighted by Gasteiger charge is -2.25. The number of hydrogen-bond acceptors (Lipinski definition) is 3. The Balaban J connectivity index is 2.50. The van der Waals surface area contributed by atoms with E-state index in [1.807, 2.05) is 18.7 Å². The number of rotatable bonds is 4. The van der Waals surface area contributed by atoms with Gasteiger partial charge in [-0.2, -0.15) is 11.8 Å². The monoisotopic (exact) mass is 288 g/mol. The van der Waals surface area contributed by atoms with E-state index in [0.717, 1.165) is 25.3 Å². The number of carboxylic acid groups (broad SMARTS) is 1. The molecule has 0 radical (unpaired) electrons. The van der Waals surface area contributed by atoms with Crippen molar-refractivity contribution in [1.29, 1.82) is 0 Å². The summed E-state index contributed by atoms with van der Waals surface area (Å²) in [7, 11) is 0. The van der Waals surface area contributed by atoms with Crippen molar-refractivity contribution in [3.8, 4) is 0 Å². The van der Waals surface area contributed by atoms with E-state index in [1.54, 1.807) is 4.90 Å². The SMILES string of the molecule is CCC(CC(=O)O)NC(=O)N1CCSC(C)(C)CC1. The third-order valence-electron chi connectivity index (χ3n) is 3.37. The van der Waals surface area contributed by atoms with E-state index in [2.05, 4.69) is 19.2 Å². The maximum Gasteiger partial charge on any atom is 0.317 e. The van der Waals surface area contributed by atoms with E-state index in [0.29, 0.717) is 6.42 Å². The van der Waals surface area contributed by atoms with Crippen LogP contribution in [0.3, 0.4) is 0 Å². The van der Waals surface area contributed by atoms with E-state index in [4.69, 9.17) is 5.11 Å². The number of nitrogens with zero attached hydrogens (tertiary/aromatic N) is 1. The summed E-state index contributed by atoms with van der Waals surface area (Å²) in [6.45, 7) is 7.73. The maximum atomic E-state index is 12.1. The van der Waals surface area contributed by atoms with Crippen molar-refractivity contribution in [2.45, 2.75) is 50.8 Å². The highest BCUT2D eigenvalue weighted by Gasteiger charge is 2.26. The minimum atomic E-state index is -0.875. The third kappa shape index (κ3) is 5.72. The highest BCUT2D eigenvalue weighted by Crippen LogP contribution is 2.30. The predicted octanol–water partition coefficient (Wildman–Crippen LogP) is 2.17. The minimum Gasteiger partial charge on any atom is -0.481 e. The van der Waals surface area contributed by atoms with Crippen LogP contribution in [0.15, 0.2) is 0 Å². The Morgan fingerprint density at radius 2 is 2.11 bits per heavy atom. The first kappa shape index (κ1) is 16.1. The Kier molecular flexibility index (Phi) is 5.97. The predicted molar refractivity (Wildman–Crippen MR) is 77.6 cm³/mol. The number of thioether (sulfide) groups is 1. The van der Waals surface area contributed by atoms with E-state index in [-0.39, 0.29) is 23.2 Å². The first-order valence-electron chi connectivity index (χ1n) is 6.75. The molecule has 0 aromatic carbocycles. The smallest absolute Gasteiger partial charge is 0.317 e. The van der Waals surface area contributed by atoms with Gasteiger partial charge in [-0.15, -0.1) is 0 Å². The number of hydrogen-bond donors (Lipinski definition) is 2. The van der Waals surface area contributed by atoms with Gasteiger partial charge in [0.25, 0.3) is 0 Å². The number of aliphatic carboxylic acids is 1. The summed E-state index contributed by atoms with van der Waals surface area (Å²) in [4.78, 5) is 24.6. The Morgan fingerprint density at radius 3 is 2.68 bits per heavy atom. The molecule has 0 spiro atoms. The first-order valence-corrected chi connectivity index (χ1v) is 7.74. The molecule has 0 aliphatic carbocycles. The number of urea groups is 1. The Hall–Kier alpha value is -0.910. The Morgan fingerprint density at radius 1 is 1.42 bits per heavy atom. The summed E-state index contributed by atoms with van der Waals surface area (Å²) < 4.78 is 0.209. The average molecular weight is 288 g/mol. The Labute approximate surface area is 119 Å². The molecule has 2 N–H and O–H groups in total. The molecule has 1 unspecified atom stereocenters. The zero-order chi connectivity index (χ0) is 14.5. The Bertz CT molecular complexity index is 334. The molecule has 1 fully saturated rings. The molecule has 0 aromatic rings. The normalized spacial score (nSPS) is 20.5. The highest BCUT2D eigenvalue weighted by molar-refractivity contribution is 8.00. The van der Waals surface area contributed by atoms with Crippen LogP contribution in [-0.2, 0) is 4.79 Å². The van der Waals surface area contributed by atoms with Crippen molar-refractivity contribution in [3.05, 3.63) is 0 Å². The van der Waals surface area contributed by atoms with E-state index in [1.165, 1.54) is 0 Å². The van der Waals surface area contributed by atoms with Crippen LogP contribution in [-0.4, -0.2) is 51.6 Å². The van der Waals surface area contributed by atoms with Crippen molar-refractivity contribution in [2.75, 3.05) is 18.8 Å². The van der Waals surface area contributed by atoms with Gasteiger partial charge in [-0.25, -0.2) is 4.79 Å². The van der Waals surface area contributed by atoms with Crippen molar-refractivity contribution in [1.82, 2.24) is 10.2 Å². The molecule has 1 aliphatic heterocycles. The van der Waals surface area contributed by atoms with Crippen molar-refractivity contribution >= 4 is 23.8 Å². The van der Waals surface area contributed by atoms with Gasteiger partial charge < -0.3 is 15.3 Å². The molecule has 5 nitrogen and oxygen atoms in total. The van der Waals surface area contributed by atoms with Crippen molar-refractivity contribution in [2.24, 2.45) is 0 Å². The van der Waals surface area contributed by atoms with Gasteiger partial charge in [0.15, 0.2) is 0 Å². The fraction of sp³-hybridized carbons (Fsp3) is 0.846. The highest BCUT2D eigenvalue weighted by atomic mass is 32.2. The average Bonchev–Trinajstić information content (AvgIpc) is 2.48.